The Morgan fingerprint density at radius 3 is 2.14 bits per heavy atom. The molecular formula is C25H22BrN3O6. The van der Waals surface area contributed by atoms with E-state index in [4.69, 9.17) is 19.9 Å². The van der Waals surface area contributed by atoms with Crippen molar-refractivity contribution in [2.24, 2.45) is 5.73 Å². The van der Waals surface area contributed by atoms with E-state index in [-0.39, 0.29) is 33.9 Å². The van der Waals surface area contributed by atoms with Crippen molar-refractivity contribution in [1.82, 2.24) is 0 Å². The number of nitrogens with zero attached hydrogens (tertiary/aromatic N) is 2. The summed E-state index contributed by atoms with van der Waals surface area (Å²) in [5, 5.41) is 10.1. The fraction of sp³-hybridized carbons (Fsp3) is 0.200. The molecule has 2 aromatic rings. The van der Waals surface area contributed by atoms with Gasteiger partial charge in [-0.15, -0.1) is 0 Å². The quantitative estimate of drug-likeness (QED) is 0.448. The molecule has 0 radical (unpaired) electrons. The predicted octanol–water partition coefficient (Wildman–Crippen LogP) is 3.44. The van der Waals surface area contributed by atoms with Gasteiger partial charge in [0.15, 0.2) is 0 Å². The van der Waals surface area contributed by atoms with Crippen LogP contribution in [0.1, 0.15) is 27.4 Å². The van der Waals surface area contributed by atoms with E-state index in [1.54, 1.807) is 49.4 Å². The highest BCUT2D eigenvalue weighted by Gasteiger charge is 2.43. The number of allylic oxidation sites excluding steroid dienone is 1. The van der Waals surface area contributed by atoms with Crippen molar-refractivity contribution in [3.8, 4) is 6.07 Å². The highest BCUT2D eigenvalue weighted by Crippen LogP contribution is 2.44. The van der Waals surface area contributed by atoms with Gasteiger partial charge in [0.2, 0.25) is 0 Å². The monoisotopic (exact) mass is 539 g/mol. The molecular weight excluding hydrogens is 518 g/mol. The predicted molar refractivity (Wildman–Crippen MR) is 130 cm³/mol. The molecule has 0 saturated carbocycles. The van der Waals surface area contributed by atoms with Gasteiger partial charge in [0.25, 0.3) is 0 Å². The minimum atomic E-state index is -0.994. The molecule has 10 heteroatoms. The van der Waals surface area contributed by atoms with Crippen molar-refractivity contribution in [3.63, 3.8) is 0 Å². The molecule has 1 heterocycles. The van der Waals surface area contributed by atoms with E-state index in [0.717, 1.165) is 7.11 Å². The topological polar surface area (TPSA) is 132 Å². The first-order chi connectivity index (χ1) is 16.7. The number of nitriles is 1. The minimum absolute atomic E-state index is 0.0169. The zero-order chi connectivity index (χ0) is 25.9. The van der Waals surface area contributed by atoms with Crippen molar-refractivity contribution in [1.29, 1.82) is 5.26 Å². The van der Waals surface area contributed by atoms with Gasteiger partial charge >= 0.3 is 17.9 Å². The Balaban J connectivity index is 2.48. The lowest BCUT2D eigenvalue weighted by molar-refractivity contribution is -0.139. The average molecular weight is 540 g/mol. The van der Waals surface area contributed by atoms with E-state index in [1.807, 2.05) is 0 Å². The summed E-state index contributed by atoms with van der Waals surface area (Å²) in [4.78, 5) is 40.0. The van der Waals surface area contributed by atoms with Crippen LogP contribution in [0.2, 0.25) is 0 Å². The first-order valence-electron chi connectivity index (χ1n) is 10.3. The average Bonchev–Trinajstić information content (AvgIpc) is 2.88. The number of esters is 3. The van der Waals surface area contributed by atoms with Crippen LogP contribution in [0.25, 0.3) is 0 Å². The molecule has 2 aromatic carbocycles. The highest BCUT2D eigenvalue weighted by molar-refractivity contribution is 9.10. The van der Waals surface area contributed by atoms with Crippen molar-refractivity contribution >= 4 is 39.5 Å². The first kappa shape index (κ1) is 25.5. The Bertz CT molecular complexity index is 1310. The van der Waals surface area contributed by atoms with Crippen molar-refractivity contribution in [2.45, 2.75) is 12.8 Å². The molecule has 0 spiro atoms. The van der Waals surface area contributed by atoms with Gasteiger partial charge in [-0.05, 0) is 30.2 Å². The molecule has 1 unspecified atom stereocenters. The number of anilines is 1. The summed E-state index contributed by atoms with van der Waals surface area (Å²) in [6.07, 6.45) is 0. The summed E-state index contributed by atoms with van der Waals surface area (Å²) >= 11 is 3.36. The van der Waals surface area contributed by atoms with E-state index in [0.29, 0.717) is 15.6 Å². The summed E-state index contributed by atoms with van der Waals surface area (Å²) in [5.74, 6) is -3.45. The van der Waals surface area contributed by atoms with Crippen LogP contribution in [0.4, 0.5) is 5.69 Å². The summed E-state index contributed by atoms with van der Waals surface area (Å²) < 4.78 is 15.4. The van der Waals surface area contributed by atoms with Gasteiger partial charge in [0, 0.05) is 4.47 Å². The number of carbonyl (C=O) groups excluding carboxylic acids is 3. The molecule has 3 rings (SSSR count). The molecule has 0 amide bonds. The van der Waals surface area contributed by atoms with Crippen LogP contribution in [0.3, 0.4) is 0 Å². The van der Waals surface area contributed by atoms with Crippen molar-refractivity contribution in [2.75, 3.05) is 26.2 Å². The number of rotatable bonds is 5. The van der Waals surface area contributed by atoms with Gasteiger partial charge in [-0.1, -0.05) is 46.3 Å². The number of halogens is 1. The van der Waals surface area contributed by atoms with E-state index in [2.05, 4.69) is 22.0 Å². The van der Waals surface area contributed by atoms with Gasteiger partial charge in [0.1, 0.15) is 11.5 Å². The fourth-order valence-corrected chi connectivity index (χ4v) is 4.43. The number of benzene rings is 2. The molecule has 35 heavy (non-hydrogen) atoms. The maximum atomic E-state index is 13.2. The zero-order valence-corrected chi connectivity index (χ0v) is 21.0. The van der Waals surface area contributed by atoms with Gasteiger partial charge in [-0.25, -0.2) is 14.4 Å². The van der Waals surface area contributed by atoms with Gasteiger partial charge in [-0.3, -0.25) is 4.90 Å². The van der Waals surface area contributed by atoms with Crippen LogP contribution in [0, 0.1) is 18.3 Å². The number of nitrogens with two attached hydrogens (primary N) is 1. The second-order valence-corrected chi connectivity index (χ2v) is 8.34. The molecule has 180 valence electrons. The smallest absolute Gasteiger partial charge is 0.355 e. The van der Waals surface area contributed by atoms with Crippen LogP contribution in [0.15, 0.2) is 69.6 Å². The zero-order valence-electron chi connectivity index (χ0n) is 19.4. The lowest BCUT2D eigenvalue weighted by Crippen LogP contribution is -2.41. The van der Waals surface area contributed by atoms with Crippen LogP contribution >= 0.6 is 15.9 Å². The Hall–Kier alpha value is -4.10. The van der Waals surface area contributed by atoms with E-state index in [1.165, 1.54) is 19.1 Å². The Morgan fingerprint density at radius 2 is 1.60 bits per heavy atom. The SMILES string of the molecule is COC(=O)C1=C(C(=O)OC)N(c2cc(Br)cc(C(=O)OC)c2C)C(N)=C(C#N)C1c1ccccc1. The normalized spacial score (nSPS) is 15.4. The molecule has 0 aromatic heterocycles. The van der Waals surface area contributed by atoms with Gasteiger partial charge < -0.3 is 19.9 Å². The minimum Gasteiger partial charge on any atom is -0.466 e. The maximum absolute atomic E-state index is 13.2. The summed E-state index contributed by atoms with van der Waals surface area (Å²) in [6, 6.07) is 13.9. The molecule has 2 N–H and O–H groups in total. The summed E-state index contributed by atoms with van der Waals surface area (Å²) in [6.45, 7) is 1.63. The molecule has 0 bridgehead atoms. The molecule has 0 aliphatic carbocycles. The van der Waals surface area contributed by atoms with Crippen LogP contribution in [-0.4, -0.2) is 39.2 Å². The highest BCUT2D eigenvalue weighted by atomic mass is 79.9. The number of methoxy groups -OCH3 is 3. The largest absolute Gasteiger partial charge is 0.466 e. The molecule has 0 fully saturated rings. The van der Waals surface area contributed by atoms with E-state index < -0.39 is 23.8 Å². The second kappa shape index (κ2) is 10.4. The summed E-state index contributed by atoms with van der Waals surface area (Å²) in [5.41, 5.74) is 7.57. The molecule has 0 saturated heterocycles. The number of ether oxygens (including phenoxy) is 3. The Labute approximate surface area is 210 Å². The Morgan fingerprint density at radius 1 is 1.00 bits per heavy atom. The van der Waals surface area contributed by atoms with E-state index in [9.17, 15) is 19.6 Å². The fourth-order valence-electron chi connectivity index (χ4n) is 3.98. The van der Waals surface area contributed by atoms with Crippen molar-refractivity contribution < 1.29 is 28.6 Å². The van der Waals surface area contributed by atoms with E-state index >= 15 is 0 Å². The third-order valence-corrected chi connectivity index (χ3v) is 6.06. The lowest BCUT2D eigenvalue weighted by Gasteiger charge is -2.36. The second-order valence-electron chi connectivity index (χ2n) is 7.42. The van der Waals surface area contributed by atoms with Gasteiger partial charge in [0.05, 0.1) is 55.7 Å². The molecule has 1 aliphatic rings. The standard InChI is InChI=1S/C25H22BrN3O6/c1-13-16(23(30)33-2)10-15(26)11-18(13)29-21(25(32)35-4)20(24(31)34-3)19(17(12-27)22(29)28)14-8-6-5-7-9-14/h5-11,19H,28H2,1-4H3. The molecule has 1 atom stereocenters. The summed E-state index contributed by atoms with van der Waals surface area (Å²) in [7, 11) is 3.57. The third-order valence-electron chi connectivity index (χ3n) is 5.60. The van der Waals surface area contributed by atoms with Gasteiger partial charge in [-0.2, -0.15) is 5.26 Å². The molecule has 9 nitrogen and oxygen atoms in total. The van der Waals surface area contributed by atoms with Crippen LogP contribution in [-0.2, 0) is 23.8 Å². The maximum Gasteiger partial charge on any atom is 0.355 e. The van der Waals surface area contributed by atoms with Crippen molar-refractivity contribution in [3.05, 3.63) is 86.3 Å². The number of hydrogen-bond donors (Lipinski definition) is 1. The molecule has 1 aliphatic heterocycles. The Kier molecular flexibility index (Phi) is 7.62. The number of hydrogen-bond acceptors (Lipinski definition) is 9. The number of carbonyl (C=O) groups is 3. The van der Waals surface area contributed by atoms with Crippen LogP contribution < -0.4 is 10.6 Å². The first-order valence-corrected chi connectivity index (χ1v) is 11.0. The third kappa shape index (κ3) is 4.50. The lowest BCUT2D eigenvalue weighted by atomic mass is 9.80. The van der Waals surface area contributed by atoms with Crippen LogP contribution in [0.5, 0.6) is 0 Å².